The van der Waals surface area contributed by atoms with Crippen molar-refractivity contribution in [1.29, 1.82) is 0 Å². The van der Waals surface area contributed by atoms with Crippen LogP contribution in [0.3, 0.4) is 0 Å². The number of halogens is 1. The van der Waals surface area contributed by atoms with Crippen LogP contribution in [0.2, 0.25) is 0 Å². The van der Waals surface area contributed by atoms with E-state index in [0.717, 1.165) is 18.2 Å². The van der Waals surface area contributed by atoms with Crippen molar-refractivity contribution >= 4 is 16.8 Å². The lowest BCUT2D eigenvalue weighted by atomic mass is 10.1. The van der Waals surface area contributed by atoms with Crippen molar-refractivity contribution in [1.82, 2.24) is 9.88 Å². The molecule has 0 atom stereocenters. The summed E-state index contributed by atoms with van der Waals surface area (Å²) in [5.41, 5.74) is 6.70. The van der Waals surface area contributed by atoms with Crippen molar-refractivity contribution in [3.8, 4) is 0 Å². The van der Waals surface area contributed by atoms with Crippen molar-refractivity contribution in [3.63, 3.8) is 0 Å². The van der Waals surface area contributed by atoms with Gasteiger partial charge >= 0.3 is 0 Å². The molecule has 2 N–H and O–H groups in total. The van der Waals surface area contributed by atoms with Gasteiger partial charge < -0.3 is 10.6 Å². The summed E-state index contributed by atoms with van der Waals surface area (Å²) in [5, 5.41) is 0.823. The van der Waals surface area contributed by atoms with Crippen molar-refractivity contribution in [2.24, 2.45) is 5.73 Å². The van der Waals surface area contributed by atoms with Crippen LogP contribution in [0.1, 0.15) is 23.3 Å². The molecule has 0 bridgehead atoms. The third-order valence-corrected chi connectivity index (χ3v) is 3.70. The molecule has 1 aromatic carbocycles. The van der Waals surface area contributed by atoms with Gasteiger partial charge in [0.05, 0.1) is 5.52 Å². The minimum Gasteiger partial charge on any atom is -0.337 e. The van der Waals surface area contributed by atoms with Gasteiger partial charge in [-0.25, -0.2) is 9.37 Å². The number of piperidine rings is 1. The second kappa shape index (κ2) is 5.17. The van der Waals surface area contributed by atoms with Crippen molar-refractivity contribution in [2.45, 2.75) is 18.9 Å². The molecular weight excluding hydrogens is 257 g/mol. The molecule has 0 saturated carbocycles. The van der Waals surface area contributed by atoms with E-state index in [0.29, 0.717) is 24.3 Å². The number of pyridine rings is 1. The number of rotatable bonds is 1. The number of hydrogen-bond donors (Lipinski definition) is 1. The van der Waals surface area contributed by atoms with Crippen LogP contribution >= 0.6 is 0 Å². The molecule has 0 radical (unpaired) electrons. The van der Waals surface area contributed by atoms with Crippen LogP contribution in [0.4, 0.5) is 4.39 Å². The molecule has 20 heavy (non-hydrogen) atoms. The van der Waals surface area contributed by atoms with E-state index in [1.54, 1.807) is 23.1 Å². The summed E-state index contributed by atoms with van der Waals surface area (Å²) in [7, 11) is 0. The molecule has 4 nitrogen and oxygen atoms in total. The van der Waals surface area contributed by atoms with E-state index in [9.17, 15) is 9.18 Å². The highest BCUT2D eigenvalue weighted by Gasteiger charge is 2.22. The van der Waals surface area contributed by atoms with Crippen LogP contribution in [0.5, 0.6) is 0 Å². The Morgan fingerprint density at radius 3 is 2.70 bits per heavy atom. The minimum absolute atomic E-state index is 0.108. The molecule has 2 aromatic rings. The fraction of sp³-hybridized carbons (Fsp3) is 0.333. The second-order valence-electron chi connectivity index (χ2n) is 5.16. The molecule has 0 spiro atoms. The highest BCUT2D eigenvalue weighted by Crippen LogP contribution is 2.16. The molecule has 1 fully saturated rings. The van der Waals surface area contributed by atoms with E-state index in [2.05, 4.69) is 4.98 Å². The fourth-order valence-corrected chi connectivity index (χ4v) is 2.47. The first kappa shape index (κ1) is 13.0. The summed E-state index contributed by atoms with van der Waals surface area (Å²) in [4.78, 5) is 18.4. The molecule has 0 unspecified atom stereocenters. The number of nitrogens with two attached hydrogens (primary N) is 1. The normalized spacial score (nSPS) is 16.6. The smallest absolute Gasteiger partial charge is 0.272 e. The largest absolute Gasteiger partial charge is 0.337 e. The average molecular weight is 273 g/mol. The first-order chi connectivity index (χ1) is 9.63. The maximum absolute atomic E-state index is 13.2. The van der Waals surface area contributed by atoms with E-state index < -0.39 is 0 Å². The Labute approximate surface area is 116 Å². The third-order valence-electron chi connectivity index (χ3n) is 3.70. The molecule has 5 heteroatoms. The SMILES string of the molecule is NC1CCN(C(=O)c2ccc3ccc(F)cc3n2)CC1. The molecule has 1 aromatic heterocycles. The molecule has 3 rings (SSSR count). The lowest BCUT2D eigenvalue weighted by Crippen LogP contribution is -2.43. The lowest BCUT2D eigenvalue weighted by Gasteiger charge is -2.29. The highest BCUT2D eigenvalue weighted by molar-refractivity contribution is 5.95. The van der Waals surface area contributed by atoms with Crippen molar-refractivity contribution < 1.29 is 9.18 Å². The van der Waals surface area contributed by atoms with E-state index in [-0.39, 0.29) is 17.8 Å². The van der Waals surface area contributed by atoms with Gasteiger partial charge in [0.25, 0.3) is 5.91 Å². The number of fused-ring (bicyclic) bond motifs is 1. The van der Waals surface area contributed by atoms with Gasteiger partial charge in [-0.3, -0.25) is 4.79 Å². The number of carbonyl (C=O) groups excluding carboxylic acids is 1. The number of carbonyl (C=O) groups is 1. The van der Waals surface area contributed by atoms with Crippen LogP contribution in [-0.4, -0.2) is 34.9 Å². The Morgan fingerprint density at radius 2 is 1.95 bits per heavy atom. The van der Waals surface area contributed by atoms with Gasteiger partial charge in [0, 0.05) is 30.6 Å². The number of amides is 1. The molecule has 1 amide bonds. The van der Waals surface area contributed by atoms with Gasteiger partial charge in [0.2, 0.25) is 0 Å². The van der Waals surface area contributed by atoms with E-state index >= 15 is 0 Å². The van der Waals surface area contributed by atoms with Crippen molar-refractivity contribution in [2.75, 3.05) is 13.1 Å². The summed E-state index contributed by atoms with van der Waals surface area (Å²) < 4.78 is 13.2. The van der Waals surface area contributed by atoms with E-state index in [1.807, 2.05) is 0 Å². The number of benzene rings is 1. The van der Waals surface area contributed by atoms with Crippen LogP contribution in [0.25, 0.3) is 10.9 Å². The third kappa shape index (κ3) is 2.49. The first-order valence-electron chi connectivity index (χ1n) is 6.74. The van der Waals surface area contributed by atoms with Crippen LogP contribution in [0, 0.1) is 5.82 Å². The quantitative estimate of drug-likeness (QED) is 0.863. The minimum atomic E-state index is -0.349. The molecule has 1 aliphatic rings. The van der Waals surface area contributed by atoms with Crippen LogP contribution in [0.15, 0.2) is 30.3 Å². The van der Waals surface area contributed by atoms with E-state index in [4.69, 9.17) is 5.73 Å². The molecule has 0 aliphatic carbocycles. The zero-order valence-electron chi connectivity index (χ0n) is 11.1. The zero-order valence-corrected chi connectivity index (χ0v) is 11.1. The maximum atomic E-state index is 13.2. The molecule has 104 valence electrons. The maximum Gasteiger partial charge on any atom is 0.272 e. The highest BCUT2D eigenvalue weighted by atomic mass is 19.1. The Kier molecular flexibility index (Phi) is 3.36. The average Bonchev–Trinajstić information content (AvgIpc) is 2.46. The summed E-state index contributed by atoms with van der Waals surface area (Å²) in [6, 6.07) is 8.06. The van der Waals surface area contributed by atoms with Gasteiger partial charge in [-0.1, -0.05) is 6.07 Å². The Bertz CT molecular complexity index is 651. The standard InChI is InChI=1S/C15H16FN3O/c16-11-3-1-10-2-4-13(18-14(10)9-11)15(20)19-7-5-12(17)6-8-19/h1-4,9,12H,5-8,17H2. The topological polar surface area (TPSA) is 59.2 Å². The van der Waals surface area contributed by atoms with Gasteiger partial charge in [-0.15, -0.1) is 0 Å². The summed E-state index contributed by atoms with van der Waals surface area (Å²) in [6.45, 7) is 1.31. The van der Waals surface area contributed by atoms with Crippen LogP contribution < -0.4 is 5.73 Å². The van der Waals surface area contributed by atoms with E-state index in [1.165, 1.54) is 12.1 Å². The Balaban J connectivity index is 1.87. The predicted octanol–water partition coefficient (Wildman–Crippen LogP) is 1.94. The van der Waals surface area contributed by atoms with Gasteiger partial charge in [-0.05, 0) is 31.0 Å². The summed E-state index contributed by atoms with van der Waals surface area (Å²) >= 11 is 0. The summed E-state index contributed by atoms with van der Waals surface area (Å²) in [5.74, 6) is -0.457. The first-order valence-corrected chi connectivity index (χ1v) is 6.74. The number of likely N-dealkylation sites (tertiary alicyclic amines) is 1. The monoisotopic (exact) mass is 273 g/mol. The van der Waals surface area contributed by atoms with Crippen molar-refractivity contribution in [3.05, 3.63) is 41.8 Å². The molecule has 1 aliphatic heterocycles. The molecule has 2 heterocycles. The summed E-state index contributed by atoms with van der Waals surface area (Å²) in [6.07, 6.45) is 1.63. The number of nitrogens with zero attached hydrogens (tertiary/aromatic N) is 2. The van der Waals surface area contributed by atoms with Crippen LogP contribution in [-0.2, 0) is 0 Å². The predicted molar refractivity (Wildman–Crippen MR) is 74.8 cm³/mol. The van der Waals surface area contributed by atoms with Gasteiger partial charge in [-0.2, -0.15) is 0 Å². The van der Waals surface area contributed by atoms with Gasteiger partial charge in [0.1, 0.15) is 11.5 Å². The fourth-order valence-electron chi connectivity index (χ4n) is 2.47. The van der Waals surface area contributed by atoms with Gasteiger partial charge in [0.15, 0.2) is 0 Å². The second-order valence-corrected chi connectivity index (χ2v) is 5.16. The molecular formula is C15H16FN3O. The number of hydrogen-bond acceptors (Lipinski definition) is 3. The Hall–Kier alpha value is -2.01. The zero-order chi connectivity index (χ0) is 14.1. The number of aromatic nitrogens is 1. The lowest BCUT2D eigenvalue weighted by molar-refractivity contribution is 0.0709. The molecule has 1 saturated heterocycles. The Morgan fingerprint density at radius 1 is 1.25 bits per heavy atom.